The number of hydrogen-bond acceptors (Lipinski definition) is 11. The predicted octanol–water partition coefficient (Wildman–Crippen LogP) is 3.99. The summed E-state index contributed by atoms with van der Waals surface area (Å²) in [6.07, 6.45) is 0.896. The summed E-state index contributed by atoms with van der Waals surface area (Å²) in [6, 6.07) is 3.67. The molecule has 3 aliphatic rings. The van der Waals surface area contributed by atoms with Gasteiger partial charge in [-0.15, -0.1) is 5.10 Å². The van der Waals surface area contributed by atoms with E-state index in [1.54, 1.807) is 10.7 Å². The lowest BCUT2D eigenvalue weighted by Gasteiger charge is -2.23. The van der Waals surface area contributed by atoms with Crippen LogP contribution in [0.4, 0.5) is 14.6 Å². The van der Waals surface area contributed by atoms with Gasteiger partial charge >= 0.3 is 5.97 Å². The predicted molar refractivity (Wildman–Crippen MR) is 144 cm³/mol. The van der Waals surface area contributed by atoms with Crippen LogP contribution >= 0.6 is 11.8 Å². The minimum atomic E-state index is -0.863. The Morgan fingerprint density at radius 3 is 2.76 bits per heavy atom. The van der Waals surface area contributed by atoms with Crippen LogP contribution in [0.1, 0.15) is 57.6 Å². The van der Waals surface area contributed by atoms with E-state index in [9.17, 15) is 13.6 Å². The standard InChI is InChI=1S/C27H32F2N6O5S/c1-5-8-41-26-31-24(30-17-10-14(17)13-6-7-15(28)16(29)9-13)21-25(32-26)35(34-33-21)18-11-19(38-12-20(36)37-4)23-22(18)39-27(2,3)40-23/h6-7,9,14,17-19,22-23H,5,8,10-12H2,1-4H3,(H,30,31,32)/t14-,17+,18?,19-,22-,23+/m0/s1. The van der Waals surface area contributed by atoms with Crippen LogP contribution in [-0.2, 0) is 23.7 Å². The summed E-state index contributed by atoms with van der Waals surface area (Å²) in [5, 5.41) is 12.9. The molecule has 1 unspecified atom stereocenters. The number of benzene rings is 1. The van der Waals surface area contributed by atoms with Crippen LogP contribution in [0.3, 0.4) is 0 Å². The number of ether oxygens (including phenoxy) is 4. The van der Waals surface area contributed by atoms with Crippen molar-refractivity contribution in [3.05, 3.63) is 35.4 Å². The molecule has 41 heavy (non-hydrogen) atoms. The minimum absolute atomic E-state index is 0.0199. The molecule has 3 fully saturated rings. The van der Waals surface area contributed by atoms with Crippen molar-refractivity contribution in [1.29, 1.82) is 0 Å². The average Bonchev–Trinajstić information content (AvgIpc) is 3.28. The van der Waals surface area contributed by atoms with Gasteiger partial charge in [0.05, 0.1) is 19.3 Å². The topological polar surface area (TPSA) is 123 Å². The van der Waals surface area contributed by atoms with E-state index in [4.69, 9.17) is 28.9 Å². The Balaban J connectivity index is 1.30. The number of anilines is 1. The molecule has 14 heteroatoms. The zero-order valence-electron chi connectivity index (χ0n) is 23.2. The van der Waals surface area contributed by atoms with Crippen LogP contribution in [0.15, 0.2) is 23.4 Å². The van der Waals surface area contributed by atoms with Crippen LogP contribution in [0.2, 0.25) is 0 Å². The third-order valence-electron chi connectivity index (χ3n) is 7.56. The Hall–Kier alpha value is -2.94. The number of carbonyl (C=O) groups is 1. The van der Waals surface area contributed by atoms with E-state index in [1.807, 2.05) is 13.8 Å². The van der Waals surface area contributed by atoms with E-state index in [-0.39, 0.29) is 24.6 Å². The molecule has 1 aromatic carbocycles. The van der Waals surface area contributed by atoms with Crippen LogP contribution in [0.25, 0.3) is 11.2 Å². The summed E-state index contributed by atoms with van der Waals surface area (Å²) < 4.78 is 52.1. The lowest BCUT2D eigenvalue weighted by atomic mass is 10.1. The third-order valence-corrected chi connectivity index (χ3v) is 8.62. The number of hydrogen-bond donors (Lipinski definition) is 1. The summed E-state index contributed by atoms with van der Waals surface area (Å²) in [5.41, 5.74) is 1.76. The Bertz CT molecular complexity index is 1460. The fourth-order valence-electron chi connectivity index (χ4n) is 5.58. The number of aromatic nitrogens is 5. The molecule has 1 aliphatic heterocycles. The first-order valence-corrected chi connectivity index (χ1v) is 14.7. The zero-order chi connectivity index (χ0) is 28.9. The molecular formula is C27H32F2N6O5S. The molecule has 1 saturated heterocycles. The smallest absolute Gasteiger partial charge is 0.331 e. The first-order chi connectivity index (χ1) is 19.7. The Morgan fingerprint density at radius 2 is 2.00 bits per heavy atom. The molecular weight excluding hydrogens is 558 g/mol. The average molecular weight is 591 g/mol. The van der Waals surface area contributed by atoms with Gasteiger partial charge in [0, 0.05) is 24.1 Å². The molecule has 1 N–H and O–H groups in total. The molecule has 3 heterocycles. The van der Waals surface area contributed by atoms with E-state index < -0.39 is 41.7 Å². The van der Waals surface area contributed by atoms with E-state index in [0.717, 1.165) is 30.2 Å². The van der Waals surface area contributed by atoms with Crippen LogP contribution in [0, 0.1) is 11.6 Å². The van der Waals surface area contributed by atoms with Gasteiger partial charge in [-0.05, 0) is 44.4 Å². The van der Waals surface area contributed by atoms with Gasteiger partial charge in [0.25, 0.3) is 0 Å². The van der Waals surface area contributed by atoms with Crippen molar-refractivity contribution in [2.75, 3.05) is 24.8 Å². The monoisotopic (exact) mass is 590 g/mol. The number of halogens is 2. The Labute approximate surface area is 239 Å². The van der Waals surface area contributed by atoms with Gasteiger partial charge < -0.3 is 24.3 Å². The number of esters is 1. The van der Waals surface area contributed by atoms with Crippen molar-refractivity contribution in [2.45, 2.75) is 87.3 Å². The van der Waals surface area contributed by atoms with E-state index >= 15 is 0 Å². The molecule has 2 saturated carbocycles. The molecule has 3 aromatic rings. The van der Waals surface area contributed by atoms with Crippen molar-refractivity contribution in [1.82, 2.24) is 25.0 Å². The fraction of sp³-hybridized carbons (Fsp3) is 0.593. The second-order valence-electron chi connectivity index (χ2n) is 11.0. The largest absolute Gasteiger partial charge is 0.467 e. The van der Waals surface area contributed by atoms with Crippen molar-refractivity contribution >= 4 is 34.7 Å². The summed E-state index contributed by atoms with van der Waals surface area (Å²) >= 11 is 1.53. The highest BCUT2D eigenvalue weighted by molar-refractivity contribution is 7.99. The van der Waals surface area contributed by atoms with Gasteiger partial charge in [0.1, 0.15) is 18.8 Å². The highest BCUT2D eigenvalue weighted by Crippen LogP contribution is 2.47. The molecule has 0 spiro atoms. The van der Waals surface area contributed by atoms with Gasteiger partial charge in [-0.25, -0.2) is 28.2 Å². The number of nitrogens with zero attached hydrogens (tertiary/aromatic N) is 5. The number of thioether (sulfide) groups is 1. The quantitative estimate of drug-likeness (QED) is 0.209. The maximum atomic E-state index is 13.8. The molecule has 2 aliphatic carbocycles. The number of fused-ring (bicyclic) bond motifs is 2. The summed E-state index contributed by atoms with van der Waals surface area (Å²) in [5.74, 6) is -1.66. The maximum absolute atomic E-state index is 13.8. The molecule has 11 nitrogen and oxygen atoms in total. The van der Waals surface area contributed by atoms with Gasteiger partial charge in [0.2, 0.25) is 0 Å². The molecule has 0 radical (unpaired) electrons. The molecule has 0 bridgehead atoms. The van der Waals surface area contributed by atoms with E-state index in [0.29, 0.717) is 28.6 Å². The first-order valence-electron chi connectivity index (χ1n) is 13.7. The van der Waals surface area contributed by atoms with Gasteiger partial charge in [-0.1, -0.05) is 30.0 Å². The zero-order valence-corrected chi connectivity index (χ0v) is 24.0. The molecule has 6 rings (SSSR count). The van der Waals surface area contributed by atoms with Crippen molar-refractivity contribution < 1.29 is 32.5 Å². The van der Waals surface area contributed by atoms with Crippen LogP contribution < -0.4 is 5.32 Å². The van der Waals surface area contributed by atoms with Gasteiger partial charge in [0.15, 0.2) is 39.6 Å². The van der Waals surface area contributed by atoms with Gasteiger partial charge in [-0.2, -0.15) is 0 Å². The molecule has 6 atom stereocenters. The van der Waals surface area contributed by atoms with Gasteiger partial charge in [-0.3, -0.25) is 0 Å². The van der Waals surface area contributed by atoms with Crippen molar-refractivity contribution in [3.8, 4) is 0 Å². The number of carbonyl (C=O) groups excluding carboxylic acids is 1. The summed E-state index contributed by atoms with van der Waals surface area (Å²) in [7, 11) is 1.31. The second kappa shape index (κ2) is 11.0. The number of rotatable bonds is 10. The highest BCUT2D eigenvalue weighted by atomic mass is 32.2. The lowest BCUT2D eigenvalue weighted by molar-refractivity contribution is -0.173. The normalized spacial score (nSPS) is 28.1. The van der Waals surface area contributed by atoms with Crippen LogP contribution in [0.5, 0.6) is 0 Å². The first kappa shape index (κ1) is 28.2. The SMILES string of the molecule is CCCSc1nc(N[C@@H]2C[C@H]2c2ccc(F)c(F)c2)c2nnn(C3C[C@H](OCC(=O)OC)[C@H]4OC(C)(C)O[C@@H]34)c2n1. The Kier molecular flexibility index (Phi) is 7.59. The van der Waals surface area contributed by atoms with Crippen molar-refractivity contribution in [2.24, 2.45) is 0 Å². The molecule has 220 valence electrons. The van der Waals surface area contributed by atoms with E-state index in [2.05, 4.69) is 22.6 Å². The van der Waals surface area contributed by atoms with E-state index in [1.165, 1.54) is 24.9 Å². The van der Waals surface area contributed by atoms with Crippen molar-refractivity contribution in [3.63, 3.8) is 0 Å². The second-order valence-corrected chi connectivity index (χ2v) is 12.0. The maximum Gasteiger partial charge on any atom is 0.331 e. The summed E-state index contributed by atoms with van der Waals surface area (Å²) in [6.45, 7) is 5.55. The summed E-state index contributed by atoms with van der Waals surface area (Å²) in [4.78, 5) is 21.3. The number of methoxy groups -OCH3 is 1. The fourth-order valence-corrected chi connectivity index (χ4v) is 6.27. The Morgan fingerprint density at radius 1 is 1.20 bits per heavy atom. The molecule has 2 aromatic heterocycles. The highest BCUT2D eigenvalue weighted by Gasteiger charge is 2.56. The minimum Gasteiger partial charge on any atom is -0.467 e. The number of nitrogens with one attached hydrogen (secondary N) is 1. The third kappa shape index (κ3) is 5.62. The van der Waals surface area contributed by atoms with Crippen LogP contribution in [-0.4, -0.2) is 80.5 Å². The molecule has 0 amide bonds. The lowest BCUT2D eigenvalue weighted by Crippen LogP contribution is -2.32.